The van der Waals surface area contributed by atoms with Crippen molar-refractivity contribution in [1.82, 2.24) is 15.8 Å². The fraction of sp³-hybridized carbons (Fsp3) is 0.524. The van der Waals surface area contributed by atoms with Crippen molar-refractivity contribution in [2.75, 3.05) is 27.9 Å². The summed E-state index contributed by atoms with van der Waals surface area (Å²) in [4.78, 5) is 4.69. The fourth-order valence-electron chi connectivity index (χ4n) is 3.05. The topological polar surface area (TPSA) is 90.1 Å². The lowest BCUT2D eigenvalue weighted by atomic mass is 10.1. The Balaban J connectivity index is 2.18. The van der Waals surface area contributed by atoms with Gasteiger partial charge in [-0.3, -0.25) is 0 Å². The molecule has 8 heteroatoms. The second-order valence-corrected chi connectivity index (χ2v) is 6.32. The van der Waals surface area contributed by atoms with Gasteiger partial charge in [0.2, 0.25) is 5.75 Å². The zero-order chi connectivity index (χ0) is 21.2. The lowest BCUT2D eigenvalue weighted by Gasteiger charge is -2.14. The Hall–Kier alpha value is -2.90. The van der Waals surface area contributed by atoms with Crippen LogP contribution in [0.15, 0.2) is 21.6 Å². The highest BCUT2D eigenvalue weighted by Crippen LogP contribution is 2.38. The number of nitrogens with one attached hydrogen (secondary N) is 2. The van der Waals surface area contributed by atoms with Gasteiger partial charge in [-0.1, -0.05) is 19.0 Å². The molecule has 1 aromatic carbocycles. The molecule has 160 valence electrons. The van der Waals surface area contributed by atoms with Crippen molar-refractivity contribution in [1.29, 1.82) is 0 Å². The van der Waals surface area contributed by atoms with Crippen LogP contribution in [0.1, 0.15) is 43.4 Å². The molecule has 0 radical (unpaired) electrons. The predicted molar refractivity (Wildman–Crippen MR) is 113 cm³/mol. The highest BCUT2D eigenvalue weighted by Gasteiger charge is 2.15. The van der Waals surface area contributed by atoms with E-state index >= 15 is 0 Å². The Labute approximate surface area is 172 Å². The molecule has 0 atom stereocenters. The smallest absolute Gasteiger partial charge is 0.203 e. The van der Waals surface area contributed by atoms with E-state index in [4.69, 9.17) is 23.7 Å². The van der Waals surface area contributed by atoms with Gasteiger partial charge in [0.05, 0.1) is 33.6 Å². The van der Waals surface area contributed by atoms with Gasteiger partial charge >= 0.3 is 0 Å². The molecule has 0 aliphatic heterocycles. The van der Waals surface area contributed by atoms with Crippen molar-refractivity contribution in [2.24, 2.45) is 4.99 Å². The standard InChI is InChI=1S/C21H32N4O4/c1-7-16-15(17(8-2)29-25-16)13-24-21(22-9-3)23-12-14-10-18(26-4)20(28-6)19(11-14)27-5/h10-11H,7-9,12-13H2,1-6H3,(H2,22,23,24). The van der Waals surface area contributed by atoms with Crippen LogP contribution in [0.5, 0.6) is 17.2 Å². The molecular weight excluding hydrogens is 372 g/mol. The second kappa shape index (κ2) is 11.2. The Morgan fingerprint density at radius 1 is 1.00 bits per heavy atom. The number of nitrogens with zero attached hydrogens (tertiary/aromatic N) is 2. The van der Waals surface area contributed by atoms with Gasteiger partial charge in [-0.2, -0.15) is 0 Å². The molecule has 1 aromatic heterocycles. The normalized spacial score (nSPS) is 11.3. The fourth-order valence-corrected chi connectivity index (χ4v) is 3.05. The van der Waals surface area contributed by atoms with Gasteiger partial charge in [0.1, 0.15) is 5.76 Å². The maximum absolute atomic E-state index is 5.44. The summed E-state index contributed by atoms with van der Waals surface area (Å²) in [6.07, 6.45) is 1.64. The monoisotopic (exact) mass is 404 g/mol. The SMILES string of the molecule is CCNC(=NCc1cc(OC)c(OC)c(OC)c1)NCc1c(CC)noc1CC. The lowest BCUT2D eigenvalue weighted by molar-refractivity contribution is 0.324. The van der Waals surface area contributed by atoms with E-state index in [1.54, 1.807) is 21.3 Å². The first-order valence-corrected chi connectivity index (χ1v) is 9.88. The van der Waals surface area contributed by atoms with Crippen LogP contribution < -0.4 is 24.8 Å². The van der Waals surface area contributed by atoms with Crippen LogP contribution >= 0.6 is 0 Å². The number of guanidine groups is 1. The molecule has 0 saturated heterocycles. The number of rotatable bonds is 10. The molecule has 0 fully saturated rings. The number of benzene rings is 1. The highest BCUT2D eigenvalue weighted by atomic mass is 16.5. The summed E-state index contributed by atoms with van der Waals surface area (Å²) in [5.74, 6) is 3.42. The Kier molecular flexibility index (Phi) is 8.64. The minimum absolute atomic E-state index is 0.455. The molecular formula is C21H32N4O4. The molecule has 0 aliphatic rings. The van der Waals surface area contributed by atoms with Crippen molar-refractivity contribution in [3.8, 4) is 17.2 Å². The predicted octanol–water partition coefficient (Wildman–Crippen LogP) is 3.08. The molecule has 1 heterocycles. The zero-order valence-electron chi connectivity index (χ0n) is 18.2. The van der Waals surface area contributed by atoms with E-state index in [0.717, 1.165) is 42.0 Å². The van der Waals surface area contributed by atoms with E-state index in [2.05, 4.69) is 29.6 Å². The van der Waals surface area contributed by atoms with E-state index in [1.807, 2.05) is 19.1 Å². The van der Waals surface area contributed by atoms with Gasteiger partial charge in [-0.15, -0.1) is 0 Å². The lowest BCUT2D eigenvalue weighted by Crippen LogP contribution is -2.37. The third-order valence-corrected chi connectivity index (χ3v) is 4.53. The van der Waals surface area contributed by atoms with Crippen molar-refractivity contribution >= 4 is 5.96 Å². The number of hydrogen-bond acceptors (Lipinski definition) is 6. The van der Waals surface area contributed by atoms with Crippen LogP contribution in [0, 0.1) is 0 Å². The van der Waals surface area contributed by atoms with E-state index in [9.17, 15) is 0 Å². The van der Waals surface area contributed by atoms with Crippen LogP contribution in [0.2, 0.25) is 0 Å². The molecule has 2 aromatic rings. The molecule has 2 rings (SSSR count). The maximum Gasteiger partial charge on any atom is 0.203 e. The number of aromatic nitrogens is 1. The van der Waals surface area contributed by atoms with Crippen LogP contribution in [0.4, 0.5) is 0 Å². The van der Waals surface area contributed by atoms with Crippen LogP contribution in [0.25, 0.3) is 0 Å². The molecule has 0 spiro atoms. The number of hydrogen-bond donors (Lipinski definition) is 2. The van der Waals surface area contributed by atoms with Crippen LogP contribution in [-0.2, 0) is 25.9 Å². The van der Waals surface area contributed by atoms with Crippen LogP contribution in [0.3, 0.4) is 0 Å². The minimum atomic E-state index is 0.455. The third-order valence-electron chi connectivity index (χ3n) is 4.53. The summed E-state index contributed by atoms with van der Waals surface area (Å²) in [5, 5.41) is 10.8. The van der Waals surface area contributed by atoms with E-state index in [-0.39, 0.29) is 0 Å². The maximum atomic E-state index is 5.44. The first kappa shape index (κ1) is 22.4. The van der Waals surface area contributed by atoms with E-state index in [0.29, 0.717) is 36.3 Å². The van der Waals surface area contributed by atoms with E-state index in [1.165, 1.54) is 0 Å². The molecule has 29 heavy (non-hydrogen) atoms. The van der Waals surface area contributed by atoms with Gasteiger partial charge < -0.3 is 29.4 Å². The Bertz CT molecular complexity index is 771. The molecule has 2 N–H and O–H groups in total. The summed E-state index contributed by atoms with van der Waals surface area (Å²) in [7, 11) is 4.79. The molecule has 0 unspecified atom stereocenters. The summed E-state index contributed by atoms with van der Waals surface area (Å²) >= 11 is 0. The largest absolute Gasteiger partial charge is 0.493 e. The van der Waals surface area contributed by atoms with Crippen molar-refractivity contribution in [3.63, 3.8) is 0 Å². The average Bonchev–Trinajstić information content (AvgIpc) is 3.16. The summed E-state index contributed by atoms with van der Waals surface area (Å²) in [6, 6.07) is 3.80. The zero-order valence-corrected chi connectivity index (χ0v) is 18.2. The second-order valence-electron chi connectivity index (χ2n) is 6.32. The Morgan fingerprint density at radius 3 is 2.21 bits per heavy atom. The van der Waals surface area contributed by atoms with Gasteiger partial charge in [0.15, 0.2) is 17.5 Å². The first-order valence-electron chi connectivity index (χ1n) is 9.88. The molecule has 0 amide bonds. The molecule has 8 nitrogen and oxygen atoms in total. The Morgan fingerprint density at radius 2 is 1.69 bits per heavy atom. The van der Waals surface area contributed by atoms with Crippen molar-refractivity contribution < 1.29 is 18.7 Å². The van der Waals surface area contributed by atoms with Crippen molar-refractivity contribution in [2.45, 2.75) is 46.7 Å². The van der Waals surface area contributed by atoms with Gasteiger partial charge in [-0.25, -0.2) is 4.99 Å². The minimum Gasteiger partial charge on any atom is -0.493 e. The van der Waals surface area contributed by atoms with E-state index < -0.39 is 0 Å². The van der Waals surface area contributed by atoms with Crippen LogP contribution in [-0.4, -0.2) is 39.0 Å². The van der Waals surface area contributed by atoms with Gasteiger partial charge in [0, 0.05) is 25.1 Å². The summed E-state index contributed by atoms with van der Waals surface area (Å²) < 4.78 is 21.7. The number of methoxy groups -OCH3 is 3. The molecule has 0 saturated carbocycles. The molecule has 0 bridgehead atoms. The highest BCUT2D eigenvalue weighted by molar-refractivity contribution is 5.79. The number of aliphatic imine (C=N–C) groups is 1. The quantitative estimate of drug-likeness (QED) is 0.464. The summed E-state index contributed by atoms with van der Waals surface area (Å²) in [5.41, 5.74) is 3.04. The third kappa shape index (κ3) is 5.56. The summed E-state index contributed by atoms with van der Waals surface area (Å²) in [6.45, 7) is 7.99. The average molecular weight is 405 g/mol. The van der Waals surface area contributed by atoms with Gasteiger partial charge in [-0.05, 0) is 31.0 Å². The van der Waals surface area contributed by atoms with Crippen molar-refractivity contribution in [3.05, 3.63) is 34.7 Å². The molecule has 0 aliphatic carbocycles. The first-order chi connectivity index (χ1) is 14.1. The number of ether oxygens (including phenoxy) is 3. The number of aryl methyl sites for hydroxylation is 2. The van der Waals surface area contributed by atoms with Gasteiger partial charge in [0.25, 0.3) is 0 Å².